The Kier molecular flexibility index (Phi) is 5.49. The minimum absolute atomic E-state index is 0.0743. The molecule has 0 aliphatic carbocycles. The van der Waals surface area contributed by atoms with Gasteiger partial charge in [-0.05, 0) is 56.0 Å². The van der Waals surface area contributed by atoms with Crippen molar-refractivity contribution >= 4 is 44.3 Å². The number of aryl methyl sites for hydroxylation is 2. The summed E-state index contributed by atoms with van der Waals surface area (Å²) in [6.07, 6.45) is 1.57. The molecule has 2 N–H and O–H groups in total. The third-order valence-electron chi connectivity index (χ3n) is 5.20. The number of likely N-dealkylation sites (tertiary alicyclic amines) is 1. The Balaban J connectivity index is 1.40. The first-order valence-corrected chi connectivity index (χ1v) is 10.6. The SMILES string of the molecule is Cc1cccc(NC(=O)N2CCCC(C(=O)Nc3nc4c(C)cccc4s3)C2)c1. The van der Waals surface area contributed by atoms with Gasteiger partial charge < -0.3 is 15.5 Å². The third-order valence-corrected chi connectivity index (χ3v) is 6.14. The summed E-state index contributed by atoms with van der Waals surface area (Å²) < 4.78 is 1.06. The molecule has 2 heterocycles. The number of amides is 3. The van der Waals surface area contributed by atoms with Crippen LogP contribution >= 0.6 is 11.3 Å². The first-order chi connectivity index (χ1) is 14.0. The summed E-state index contributed by atoms with van der Waals surface area (Å²) in [6, 6.07) is 13.6. The fourth-order valence-corrected chi connectivity index (χ4v) is 4.59. The van der Waals surface area contributed by atoms with Crippen molar-refractivity contribution in [3.63, 3.8) is 0 Å². The number of benzene rings is 2. The number of anilines is 2. The Bertz CT molecular complexity index is 1060. The summed E-state index contributed by atoms with van der Waals surface area (Å²) in [7, 11) is 0. The van der Waals surface area contributed by atoms with Gasteiger partial charge in [0.05, 0.1) is 16.1 Å². The highest BCUT2D eigenvalue weighted by Crippen LogP contribution is 2.29. The number of thiazole rings is 1. The fraction of sp³-hybridized carbons (Fsp3) is 0.318. The lowest BCUT2D eigenvalue weighted by molar-refractivity contribution is -0.121. The van der Waals surface area contributed by atoms with E-state index in [1.165, 1.54) is 11.3 Å². The molecule has 1 fully saturated rings. The Morgan fingerprint density at radius 3 is 2.76 bits per heavy atom. The maximum Gasteiger partial charge on any atom is 0.321 e. The highest BCUT2D eigenvalue weighted by molar-refractivity contribution is 7.22. The first-order valence-electron chi connectivity index (χ1n) is 9.79. The van der Waals surface area contributed by atoms with E-state index in [1.807, 2.05) is 56.3 Å². The van der Waals surface area contributed by atoms with Gasteiger partial charge in [0.1, 0.15) is 0 Å². The number of nitrogens with one attached hydrogen (secondary N) is 2. The van der Waals surface area contributed by atoms with Gasteiger partial charge in [-0.25, -0.2) is 9.78 Å². The van der Waals surface area contributed by atoms with Gasteiger partial charge in [-0.3, -0.25) is 4.79 Å². The smallest absolute Gasteiger partial charge is 0.321 e. The van der Waals surface area contributed by atoms with Crippen molar-refractivity contribution in [1.29, 1.82) is 0 Å². The van der Waals surface area contributed by atoms with E-state index < -0.39 is 0 Å². The van der Waals surface area contributed by atoms with Crippen molar-refractivity contribution in [2.45, 2.75) is 26.7 Å². The summed E-state index contributed by atoms with van der Waals surface area (Å²) in [6.45, 7) is 5.06. The molecule has 1 unspecified atom stereocenters. The molecule has 0 spiro atoms. The normalized spacial score (nSPS) is 16.6. The quantitative estimate of drug-likeness (QED) is 0.654. The highest BCUT2D eigenvalue weighted by Gasteiger charge is 2.29. The van der Waals surface area contributed by atoms with Gasteiger partial charge in [0, 0.05) is 18.8 Å². The second kappa shape index (κ2) is 8.21. The van der Waals surface area contributed by atoms with E-state index in [9.17, 15) is 9.59 Å². The predicted molar refractivity (Wildman–Crippen MR) is 117 cm³/mol. The van der Waals surface area contributed by atoms with Gasteiger partial charge in [0.15, 0.2) is 5.13 Å². The molecule has 0 saturated carbocycles. The summed E-state index contributed by atoms with van der Waals surface area (Å²) in [5, 5.41) is 6.50. The second-order valence-electron chi connectivity index (χ2n) is 7.51. The minimum Gasteiger partial charge on any atom is -0.324 e. The van der Waals surface area contributed by atoms with Crippen LogP contribution < -0.4 is 10.6 Å². The number of para-hydroxylation sites is 1. The average Bonchev–Trinajstić information content (AvgIpc) is 3.12. The Hall–Kier alpha value is -2.93. The molecule has 1 aliphatic rings. The largest absolute Gasteiger partial charge is 0.324 e. The molecule has 6 nitrogen and oxygen atoms in total. The number of piperidine rings is 1. The molecule has 4 rings (SSSR count). The molecule has 1 aromatic heterocycles. The number of urea groups is 1. The second-order valence-corrected chi connectivity index (χ2v) is 8.55. The standard InChI is InChI=1S/C22H24N4O2S/c1-14-6-3-9-17(12-14)23-22(28)26-11-5-8-16(13-26)20(27)25-21-24-19-15(2)7-4-10-18(19)29-21/h3-4,6-7,9-10,12,16H,5,8,11,13H2,1-2H3,(H,23,28)(H,24,25,27). The molecular weight excluding hydrogens is 384 g/mol. The highest BCUT2D eigenvalue weighted by atomic mass is 32.1. The maximum atomic E-state index is 12.8. The molecule has 29 heavy (non-hydrogen) atoms. The third kappa shape index (κ3) is 4.40. The zero-order valence-corrected chi connectivity index (χ0v) is 17.4. The number of rotatable bonds is 3. The number of carbonyl (C=O) groups excluding carboxylic acids is 2. The molecule has 2 aromatic carbocycles. The van der Waals surface area contributed by atoms with Gasteiger partial charge in [-0.1, -0.05) is 35.6 Å². The van der Waals surface area contributed by atoms with E-state index in [1.54, 1.807) is 4.90 Å². The molecular formula is C22H24N4O2S. The van der Waals surface area contributed by atoms with Gasteiger partial charge >= 0.3 is 6.03 Å². The van der Waals surface area contributed by atoms with Crippen LogP contribution in [0.3, 0.4) is 0 Å². The van der Waals surface area contributed by atoms with Crippen molar-refractivity contribution in [1.82, 2.24) is 9.88 Å². The molecule has 0 bridgehead atoms. The van der Waals surface area contributed by atoms with E-state index in [-0.39, 0.29) is 17.9 Å². The van der Waals surface area contributed by atoms with Crippen molar-refractivity contribution in [2.24, 2.45) is 5.92 Å². The van der Waals surface area contributed by atoms with Gasteiger partial charge in [0.25, 0.3) is 0 Å². The van der Waals surface area contributed by atoms with Crippen LogP contribution in [0.2, 0.25) is 0 Å². The van der Waals surface area contributed by atoms with Gasteiger partial charge in [-0.2, -0.15) is 0 Å². The fourth-order valence-electron chi connectivity index (χ4n) is 3.65. The number of fused-ring (bicyclic) bond motifs is 1. The van der Waals surface area contributed by atoms with E-state index in [4.69, 9.17) is 0 Å². The predicted octanol–water partition coefficient (Wildman–Crippen LogP) is 4.80. The molecule has 1 saturated heterocycles. The Morgan fingerprint density at radius 2 is 1.97 bits per heavy atom. The van der Waals surface area contributed by atoms with Crippen LogP contribution in [-0.2, 0) is 4.79 Å². The molecule has 1 atom stereocenters. The number of hydrogen-bond acceptors (Lipinski definition) is 4. The molecule has 0 radical (unpaired) electrons. The van der Waals surface area contributed by atoms with E-state index in [0.29, 0.717) is 18.2 Å². The van der Waals surface area contributed by atoms with E-state index in [0.717, 1.165) is 39.9 Å². The number of aromatic nitrogens is 1. The van der Waals surface area contributed by atoms with Crippen LogP contribution in [0, 0.1) is 19.8 Å². The minimum atomic E-state index is -0.236. The average molecular weight is 409 g/mol. The van der Waals surface area contributed by atoms with Crippen LogP contribution in [0.1, 0.15) is 24.0 Å². The van der Waals surface area contributed by atoms with Crippen LogP contribution in [0.25, 0.3) is 10.2 Å². The van der Waals surface area contributed by atoms with Crippen molar-refractivity contribution in [3.8, 4) is 0 Å². The van der Waals surface area contributed by atoms with Gasteiger partial charge in [0.2, 0.25) is 5.91 Å². The summed E-state index contributed by atoms with van der Waals surface area (Å²) >= 11 is 1.48. The monoisotopic (exact) mass is 408 g/mol. The summed E-state index contributed by atoms with van der Waals surface area (Å²) in [5.74, 6) is -0.310. The molecule has 1 aliphatic heterocycles. The topological polar surface area (TPSA) is 74.3 Å². The lowest BCUT2D eigenvalue weighted by Gasteiger charge is -2.31. The van der Waals surface area contributed by atoms with Crippen LogP contribution in [0.5, 0.6) is 0 Å². The Morgan fingerprint density at radius 1 is 1.14 bits per heavy atom. The number of nitrogens with zero attached hydrogens (tertiary/aromatic N) is 2. The molecule has 150 valence electrons. The molecule has 3 aromatic rings. The summed E-state index contributed by atoms with van der Waals surface area (Å²) in [5.41, 5.74) is 3.88. The van der Waals surface area contributed by atoms with Crippen LogP contribution in [0.15, 0.2) is 42.5 Å². The lowest BCUT2D eigenvalue weighted by atomic mass is 9.97. The number of carbonyl (C=O) groups is 2. The van der Waals surface area contributed by atoms with E-state index >= 15 is 0 Å². The Labute approximate surface area is 173 Å². The van der Waals surface area contributed by atoms with Gasteiger partial charge in [-0.15, -0.1) is 0 Å². The van der Waals surface area contributed by atoms with Crippen LogP contribution in [-0.4, -0.2) is 34.9 Å². The zero-order valence-electron chi connectivity index (χ0n) is 16.6. The van der Waals surface area contributed by atoms with Crippen molar-refractivity contribution in [2.75, 3.05) is 23.7 Å². The van der Waals surface area contributed by atoms with Crippen molar-refractivity contribution in [3.05, 3.63) is 53.6 Å². The first kappa shape index (κ1) is 19.4. The zero-order chi connectivity index (χ0) is 20.4. The van der Waals surface area contributed by atoms with E-state index in [2.05, 4.69) is 15.6 Å². The maximum absolute atomic E-state index is 12.8. The van der Waals surface area contributed by atoms with Crippen molar-refractivity contribution < 1.29 is 9.59 Å². The summed E-state index contributed by atoms with van der Waals surface area (Å²) in [4.78, 5) is 31.7. The van der Waals surface area contributed by atoms with Crippen LogP contribution in [0.4, 0.5) is 15.6 Å². The number of hydrogen-bond donors (Lipinski definition) is 2. The molecule has 7 heteroatoms. The molecule has 3 amide bonds. The lowest BCUT2D eigenvalue weighted by Crippen LogP contribution is -2.45.